The molecule has 0 amide bonds. The van der Waals surface area contributed by atoms with E-state index < -0.39 is 0 Å². The van der Waals surface area contributed by atoms with Crippen LogP contribution in [0.2, 0.25) is 0 Å². The van der Waals surface area contributed by atoms with Gasteiger partial charge in [-0.25, -0.2) is 9.97 Å². The Morgan fingerprint density at radius 2 is 2.41 bits per heavy atom. The highest BCUT2D eigenvalue weighted by molar-refractivity contribution is 5.33. The van der Waals surface area contributed by atoms with E-state index in [1.165, 1.54) is 12.8 Å². The van der Waals surface area contributed by atoms with E-state index in [1.807, 2.05) is 12.3 Å². The van der Waals surface area contributed by atoms with Crippen LogP contribution in [-0.4, -0.2) is 29.7 Å². The average Bonchev–Trinajstić information content (AvgIpc) is 2.38. The van der Waals surface area contributed by atoms with Crippen molar-refractivity contribution in [3.63, 3.8) is 0 Å². The third kappa shape index (κ3) is 3.66. The quantitative estimate of drug-likeness (QED) is 0.870. The Labute approximate surface area is 103 Å². The first-order valence-corrected chi connectivity index (χ1v) is 6.40. The number of nitrogens with zero attached hydrogens (tertiary/aromatic N) is 2. The molecule has 2 heterocycles. The van der Waals surface area contributed by atoms with E-state index in [-0.39, 0.29) is 0 Å². The van der Waals surface area contributed by atoms with Crippen molar-refractivity contribution in [3.8, 4) is 0 Å². The van der Waals surface area contributed by atoms with Gasteiger partial charge in [-0.3, -0.25) is 0 Å². The molecule has 4 heteroatoms. The maximum atomic E-state index is 5.46. The summed E-state index contributed by atoms with van der Waals surface area (Å²) in [7, 11) is 0. The lowest BCUT2D eigenvalue weighted by Crippen LogP contribution is -2.24. The van der Waals surface area contributed by atoms with Crippen LogP contribution in [0, 0.1) is 5.92 Å². The zero-order valence-electron chi connectivity index (χ0n) is 10.6. The van der Waals surface area contributed by atoms with Gasteiger partial charge in [-0.05, 0) is 24.8 Å². The Kier molecular flexibility index (Phi) is 4.31. The Balaban J connectivity index is 1.87. The molecule has 0 saturated carbocycles. The van der Waals surface area contributed by atoms with Crippen LogP contribution in [0.15, 0.2) is 12.3 Å². The van der Waals surface area contributed by atoms with Crippen molar-refractivity contribution < 1.29 is 4.74 Å². The summed E-state index contributed by atoms with van der Waals surface area (Å²) in [6, 6.07) is 1.93. The summed E-state index contributed by atoms with van der Waals surface area (Å²) in [5, 5.41) is 3.38. The zero-order valence-corrected chi connectivity index (χ0v) is 10.6. The molecule has 4 nitrogen and oxygen atoms in total. The summed E-state index contributed by atoms with van der Waals surface area (Å²) < 4.78 is 5.46. The molecule has 1 saturated heterocycles. The molecule has 0 bridgehead atoms. The molecule has 94 valence electrons. The van der Waals surface area contributed by atoms with Crippen molar-refractivity contribution in [2.45, 2.75) is 32.6 Å². The summed E-state index contributed by atoms with van der Waals surface area (Å²) >= 11 is 0. The third-order valence-corrected chi connectivity index (χ3v) is 3.02. The van der Waals surface area contributed by atoms with Crippen molar-refractivity contribution in [2.75, 3.05) is 25.1 Å². The average molecular weight is 235 g/mol. The lowest BCUT2D eigenvalue weighted by atomic mass is 10.0. The summed E-state index contributed by atoms with van der Waals surface area (Å²) in [5.41, 5.74) is 0. The third-order valence-electron chi connectivity index (χ3n) is 3.02. The molecule has 1 atom stereocenters. The summed E-state index contributed by atoms with van der Waals surface area (Å²) in [6.07, 6.45) is 4.24. The molecule has 2 rings (SSSR count). The molecule has 0 spiro atoms. The number of nitrogens with one attached hydrogen (secondary N) is 1. The van der Waals surface area contributed by atoms with E-state index in [0.29, 0.717) is 11.8 Å². The maximum absolute atomic E-state index is 5.46. The minimum atomic E-state index is 0.370. The first-order valence-electron chi connectivity index (χ1n) is 6.40. The molecule has 1 fully saturated rings. The van der Waals surface area contributed by atoms with E-state index in [4.69, 9.17) is 4.74 Å². The fraction of sp³-hybridized carbons (Fsp3) is 0.692. The number of aromatic nitrogens is 2. The van der Waals surface area contributed by atoms with Gasteiger partial charge in [0.2, 0.25) is 0 Å². The van der Waals surface area contributed by atoms with Crippen LogP contribution >= 0.6 is 0 Å². The molecule has 17 heavy (non-hydrogen) atoms. The van der Waals surface area contributed by atoms with Gasteiger partial charge in [0.05, 0.1) is 6.61 Å². The monoisotopic (exact) mass is 235 g/mol. The van der Waals surface area contributed by atoms with Crippen LogP contribution in [0.4, 0.5) is 5.82 Å². The first kappa shape index (κ1) is 12.3. The number of rotatable bonds is 4. The van der Waals surface area contributed by atoms with Gasteiger partial charge >= 0.3 is 0 Å². The van der Waals surface area contributed by atoms with Gasteiger partial charge in [-0.2, -0.15) is 0 Å². The Morgan fingerprint density at radius 1 is 1.53 bits per heavy atom. The SMILES string of the molecule is CC(C)c1nccc(NCC2CCCOC2)n1. The van der Waals surface area contributed by atoms with Gasteiger partial charge < -0.3 is 10.1 Å². The Bertz CT molecular complexity index is 348. The zero-order chi connectivity index (χ0) is 12.1. The number of ether oxygens (including phenoxy) is 1. The molecule has 1 aliphatic rings. The number of hydrogen-bond acceptors (Lipinski definition) is 4. The predicted molar refractivity (Wildman–Crippen MR) is 68.2 cm³/mol. The molecule has 1 N–H and O–H groups in total. The van der Waals surface area contributed by atoms with E-state index in [0.717, 1.165) is 31.4 Å². The van der Waals surface area contributed by atoms with Crippen molar-refractivity contribution >= 4 is 5.82 Å². The normalized spacial score (nSPS) is 20.5. The van der Waals surface area contributed by atoms with E-state index in [1.54, 1.807) is 0 Å². The molecule has 0 aliphatic carbocycles. The fourth-order valence-electron chi connectivity index (χ4n) is 1.97. The highest BCUT2D eigenvalue weighted by Crippen LogP contribution is 2.15. The topological polar surface area (TPSA) is 47.0 Å². The molecule has 1 aliphatic heterocycles. The second-order valence-corrected chi connectivity index (χ2v) is 4.92. The van der Waals surface area contributed by atoms with Crippen molar-refractivity contribution in [2.24, 2.45) is 5.92 Å². The van der Waals surface area contributed by atoms with Gasteiger partial charge in [-0.1, -0.05) is 13.8 Å². The van der Waals surface area contributed by atoms with Crippen LogP contribution in [-0.2, 0) is 4.74 Å². The van der Waals surface area contributed by atoms with Gasteiger partial charge in [0.25, 0.3) is 0 Å². The van der Waals surface area contributed by atoms with Gasteiger partial charge in [0, 0.05) is 25.3 Å². The highest BCUT2D eigenvalue weighted by Gasteiger charge is 2.13. The lowest BCUT2D eigenvalue weighted by molar-refractivity contribution is 0.0595. The fourth-order valence-corrected chi connectivity index (χ4v) is 1.97. The molecule has 0 aromatic carbocycles. The highest BCUT2D eigenvalue weighted by atomic mass is 16.5. The van der Waals surface area contributed by atoms with Crippen molar-refractivity contribution in [3.05, 3.63) is 18.1 Å². The molecular formula is C13H21N3O. The minimum Gasteiger partial charge on any atom is -0.381 e. The summed E-state index contributed by atoms with van der Waals surface area (Å²) in [6.45, 7) is 6.94. The van der Waals surface area contributed by atoms with Crippen LogP contribution < -0.4 is 5.32 Å². The smallest absolute Gasteiger partial charge is 0.133 e. The minimum absolute atomic E-state index is 0.370. The standard InChI is InChI=1S/C13H21N3O/c1-10(2)13-14-6-5-12(16-13)15-8-11-4-3-7-17-9-11/h5-6,10-11H,3-4,7-9H2,1-2H3,(H,14,15,16). The Morgan fingerprint density at radius 3 is 3.12 bits per heavy atom. The predicted octanol–water partition coefficient (Wildman–Crippen LogP) is 2.44. The van der Waals surface area contributed by atoms with Crippen LogP contribution in [0.1, 0.15) is 38.4 Å². The second-order valence-electron chi connectivity index (χ2n) is 4.92. The van der Waals surface area contributed by atoms with E-state index in [9.17, 15) is 0 Å². The van der Waals surface area contributed by atoms with Crippen LogP contribution in [0.25, 0.3) is 0 Å². The molecular weight excluding hydrogens is 214 g/mol. The Hall–Kier alpha value is -1.16. The van der Waals surface area contributed by atoms with Gasteiger partial charge in [0.1, 0.15) is 11.6 Å². The largest absolute Gasteiger partial charge is 0.381 e. The number of anilines is 1. The van der Waals surface area contributed by atoms with E-state index in [2.05, 4.69) is 29.1 Å². The van der Waals surface area contributed by atoms with Crippen LogP contribution in [0.5, 0.6) is 0 Å². The van der Waals surface area contributed by atoms with Gasteiger partial charge in [0.15, 0.2) is 0 Å². The van der Waals surface area contributed by atoms with Gasteiger partial charge in [-0.15, -0.1) is 0 Å². The second kappa shape index (κ2) is 5.96. The molecule has 1 aromatic rings. The number of hydrogen-bond donors (Lipinski definition) is 1. The molecule has 0 radical (unpaired) electrons. The lowest BCUT2D eigenvalue weighted by Gasteiger charge is -2.22. The van der Waals surface area contributed by atoms with Crippen molar-refractivity contribution in [1.82, 2.24) is 9.97 Å². The van der Waals surface area contributed by atoms with Crippen LogP contribution in [0.3, 0.4) is 0 Å². The van der Waals surface area contributed by atoms with Crippen molar-refractivity contribution in [1.29, 1.82) is 0 Å². The molecule has 1 unspecified atom stereocenters. The summed E-state index contributed by atoms with van der Waals surface area (Å²) in [5.74, 6) is 2.81. The summed E-state index contributed by atoms with van der Waals surface area (Å²) in [4.78, 5) is 8.75. The van der Waals surface area contributed by atoms with E-state index >= 15 is 0 Å². The molecule has 1 aromatic heterocycles. The first-order chi connectivity index (χ1) is 8.25. The maximum Gasteiger partial charge on any atom is 0.133 e.